The maximum atomic E-state index is 11.9. The molecule has 6 nitrogen and oxygen atoms in total. The topological polar surface area (TPSA) is 58.8 Å². The second-order valence-electron chi connectivity index (χ2n) is 5.42. The van der Waals surface area contributed by atoms with Crippen LogP contribution >= 0.6 is 0 Å². The molecule has 0 spiro atoms. The highest BCUT2D eigenvalue weighted by Crippen LogP contribution is 2.19. The predicted octanol–water partition coefficient (Wildman–Crippen LogP) is 1.51. The van der Waals surface area contributed by atoms with Crippen LogP contribution < -0.4 is 0 Å². The van der Waals surface area contributed by atoms with Crippen molar-refractivity contribution in [3.8, 4) is 0 Å². The molecule has 0 saturated carbocycles. The van der Waals surface area contributed by atoms with Crippen molar-refractivity contribution in [2.24, 2.45) is 0 Å². The first-order valence-corrected chi connectivity index (χ1v) is 7.69. The molecule has 0 radical (unpaired) electrons. The van der Waals surface area contributed by atoms with Crippen LogP contribution in [0.1, 0.15) is 12.6 Å². The molecule has 1 aliphatic rings. The lowest BCUT2D eigenvalue weighted by molar-refractivity contribution is -0.137. The Labute approximate surface area is 129 Å². The summed E-state index contributed by atoms with van der Waals surface area (Å²) in [6, 6.07) is 7.90. The minimum atomic E-state index is 0.0772. The summed E-state index contributed by atoms with van der Waals surface area (Å²) in [7, 11) is 0. The molecular weight excluding hydrogens is 282 g/mol. The Balaban J connectivity index is 1.55. The van der Waals surface area contributed by atoms with Crippen LogP contribution in [0.4, 0.5) is 0 Å². The fraction of sp³-hybridized carbons (Fsp3) is 0.500. The maximum absolute atomic E-state index is 11.9. The lowest BCUT2D eigenvalue weighted by Crippen LogP contribution is -2.49. The van der Waals surface area contributed by atoms with E-state index in [0.717, 1.165) is 49.4 Å². The summed E-state index contributed by atoms with van der Waals surface area (Å²) in [5.74, 6) is 0.0772. The zero-order valence-corrected chi connectivity index (χ0v) is 12.8. The van der Waals surface area contributed by atoms with Crippen LogP contribution in [0.25, 0.3) is 11.0 Å². The number of ether oxygens (including phenoxy) is 1. The zero-order valence-electron chi connectivity index (χ0n) is 12.8. The third-order valence-corrected chi connectivity index (χ3v) is 3.98. The van der Waals surface area contributed by atoms with E-state index in [2.05, 4.69) is 10.1 Å². The van der Waals surface area contributed by atoms with Crippen LogP contribution in [-0.2, 0) is 16.1 Å². The van der Waals surface area contributed by atoms with Crippen LogP contribution in [0.3, 0.4) is 0 Å². The largest absolute Gasteiger partial charge is 0.372 e. The summed E-state index contributed by atoms with van der Waals surface area (Å²) in [6.07, 6.45) is 0. The molecule has 1 aromatic heterocycles. The molecule has 1 saturated heterocycles. The molecule has 3 rings (SSSR count). The molecule has 2 aromatic rings. The number of amides is 1. The quantitative estimate of drug-likeness (QED) is 0.838. The van der Waals surface area contributed by atoms with Crippen molar-refractivity contribution in [2.45, 2.75) is 13.5 Å². The molecule has 1 fully saturated rings. The second-order valence-corrected chi connectivity index (χ2v) is 5.42. The van der Waals surface area contributed by atoms with Crippen molar-refractivity contribution in [1.82, 2.24) is 15.0 Å². The Morgan fingerprint density at radius 3 is 2.82 bits per heavy atom. The Bertz CT molecular complexity index is 632. The van der Waals surface area contributed by atoms with E-state index in [9.17, 15) is 4.79 Å². The van der Waals surface area contributed by atoms with Crippen LogP contribution in [0.2, 0.25) is 0 Å². The average molecular weight is 303 g/mol. The smallest absolute Gasteiger partial charge is 0.248 e. The van der Waals surface area contributed by atoms with E-state index in [1.807, 2.05) is 36.1 Å². The van der Waals surface area contributed by atoms with Gasteiger partial charge in [-0.1, -0.05) is 17.3 Å². The number of nitrogens with zero attached hydrogens (tertiary/aromatic N) is 3. The SMILES string of the molecule is CCOCC(=O)N1CCN(Cc2noc3ccccc23)CC1. The summed E-state index contributed by atoms with van der Waals surface area (Å²) in [4.78, 5) is 16.1. The van der Waals surface area contributed by atoms with Crippen LogP contribution in [0, 0.1) is 0 Å². The van der Waals surface area contributed by atoms with Gasteiger partial charge in [0.05, 0.1) is 0 Å². The molecule has 0 aliphatic carbocycles. The van der Waals surface area contributed by atoms with Gasteiger partial charge in [0, 0.05) is 44.7 Å². The van der Waals surface area contributed by atoms with Crippen LogP contribution in [0.15, 0.2) is 28.8 Å². The predicted molar refractivity (Wildman–Crippen MR) is 82.4 cm³/mol. The van der Waals surface area contributed by atoms with Gasteiger partial charge in [0.15, 0.2) is 5.58 Å². The molecule has 6 heteroatoms. The van der Waals surface area contributed by atoms with E-state index in [4.69, 9.17) is 9.26 Å². The first-order chi connectivity index (χ1) is 10.8. The fourth-order valence-electron chi connectivity index (χ4n) is 2.70. The molecule has 2 heterocycles. The number of hydrogen-bond acceptors (Lipinski definition) is 5. The van der Waals surface area contributed by atoms with E-state index in [-0.39, 0.29) is 12.5 Å². The number of fused-ring (bicyclic) bond motifs is 1. The lowest BCUT2D eigenvalue weighted by Gasteiger charge is -2.34. The number of carbonyl (C=O) groups excluding carboxylic acids is 1. The van der Waals surface area contributed by atoms with Crippen molar-refractivity contribution in [3.05, 3.63) is 30.0 Å². The van der Waals surface area contributed by atoms with E-state index < -0.39 is 0 Å². The van der Waals surface area contributed by atoms with E-state index in [1.165, 1.54) is 0 Å². The van der Waals surface area contributed by atoms with Gasteiger partial charge in [-0.25, -0.2) is 0 Å². The van der Waals surface area contributed by atoms with Crippen LogP contribution in [0.5, 0.6) is 0 Å². The maximum Gasteiger partial charge on any atom is 0.248 e. The first kappa shape index (κ1) is 15.0. The Kier molecular flexibility index (Phi) is 4.70. The van der Waals surface area contributed by atoms with Crippen molar-refractivity contribution < 1.29 is 14.1 Å². The van der Waals surface area contributed by atoms with E-state index >= 15 is 0 Å². The third kappa shape index (κ3) is 3.28. The number of carbonyl (C=O) groups is 1. The minimum absolute atomic E-state index is 0.0772. The lowest BCUT2D eigenvalue weighted by atomic mass is 10.2. The van der Waals surface area contributed by atoms with Gasteiger partial charge >= 0.3 is 0 Å². The number of aromatic nitrogens is 1. The molecule has 0 unspecified atom stereocenters. The Morgan fingerprint density at radius 2 is 2.05 bits per heavy atom. The average Bonchev–Trinajstić information content (AvgIpc) is 2.96. The van der Waals surface area contributed by atoms with Gasteiger partial charge in [-0.3, -0.25) is 9.69 Å². The van der Waals surface area contributed by atoms with Gasteiger partial charge < -0.3 is 14.2 Å². The molecule has 0 bridgehead atoms. The van der Waals surface area contributed by atoms with Gasteiger partial charge in [0.2, 0.25) is 5.91 Å². The van der Waals surface area contributed by atoms with Gasteiger partial charge in [-0.05, 0) is 19.1 Å². The summed E-state index contributed by atoms with van der Waals surface area (Å²) in [5, 5.41) is 5.23. The van der Waals surface area contributed by atoms with Crippen molar-refractivity contribution >= 4 is 16.9 Å². The minimum Gasteiger partial charge on any atom is -0.372 e. The van der Waals surface area contributed by atoms with Crippen molar-refractivity contribution in [2.75, 3.05) is 39.4 Å². The van der Waals surface area contributed by atoms with Crippen LogP contribution in [-0.4, -0.2) is 60.3 Å². The summed E-state index contributed by atoms with van der Waals surface area (Å²) in [5.41, 5.74) is 1.78. The normalized spacial score (nSPS) is 16.3. The molecule has 0 N–H and O–H groups in total. The highest BCUT2D eigenvalue weighted by Gasteiger charge is 2.22. The second kappa shape index (κ2) is 6.89. The summed E-state index contributed by atoms with van der Waals surface area (Å²) in [6.45, 7) is 6.58. The van der Waals surface area contributed by atoms with Gasteiger partial charge in [-0.15, -0.1) is 0 Å². The number of para-hydroxylation sites is 1. The number of benzene rings is 1. The molecule has 22 heavy (non-hydrogen) atoms. The van der Waals surface area contributed by atoms with E-state index in [0.29, 0.717) is 6.61 Å². The standard InChI is InChI=1S/C16H21N3O3/c1-2-21-12-16(20)19-9-7-18(8-10-19)11-14-13-5-3-4-6-15(13)22-17-14/h3-6H,2,7-12H2,1H3. The summed E-state index contributed by atoms with van der Waals surface area (Å²) >= 11 is 0. The Morgan fingerprint density at radius 1 is 1.27 bits per heavy atom. The monoisotopic (exact) mass is 303 g/mol. The van der Waals surface area contributed by atoms with Crippen molar-refractivity contribution in [3.63, 3.8) is 0 Å². The zero-order chi connectivity index (χ0) is 15.4. The Hall–Kier alpha value is -1.92. The van der Waals surface area contributed by atoms with Gasteiger partial charge in [0.1, 0.15) is 12.3 Å². The molecule has 118 valence electrons. The van der Waals surface area contributed by atoms with E-state index in [1.54, 1.807) is 0 Å². The first-order valence-electron chi connectivity index (χ1n) is 7.69. The fourth-order valence-corrected chi connectivity index (χ4v) is 2.70. The highest BCUT2D eigenvalue weighted by molar-refractivity contribution is 5.79. The molecule has 1 aromatic carbocycles. The number of hydrogen-bond donors (Lipinski definition) is 0. The summed E-state index contributed by atoms with van der Waals surface area (Å²) < 4.78 is 10.5. The molecular formula is C16H21N3O3. The molecule has 1 amide bonds. The van der Waals surface area contributed by atoms with Crippen molar-refractivity contribution in [1.29, 1.82) is 0 Å². The third-order valence-electron chi connectivity index (χ3n) is 3.98. The molecule has 1 aliphatic heterocycles. The number of piperazine rings is 1. The van der Waals surface area contributed by atoms with Gasteiger partial charge in [-0.2, -0.15) is 0 Å². The number of rotatable bonds is 5. The molecule has 0 atom stereocenters. The highest BCUT2D eigenvalue weighted by atomic mass is 16.5. The van der Waals surface area contributed by atoms with Gasteiger partial charge in [0.25, 0.3) is 0 Å².